The molecule has 3 rings (SSSR count). The second-order valence-electron chi connectivity index (χ2n) is 6.02. The van der Waals surface area contributed by atoms with Crippen LogP contribution in [-0.4, -0.2) is 23.7 Å². The molecule has 1 saturated heterocycles. The largest absolute Gasteiger partial charge is 0.460 e. The second kappa shape index (κ2) is 6.73. The lowest BCUT2D eigenvalue weighted by molar-refractivity contribution is -0.161. The number of carbonyl (C=O) groups is 1. The van der Waals surface area contributed by atoms with Crippen molar-refractivity contribution >= 4 is 29.2 Å². The van der Waals surface area contributed by atoms with Gasteiger partial charge >= 0.3 is 5.97 Å². The summed E-state index contributed by atoms with van der Waals surface area (Å²) in [5.74, 6) is -0.180. The fourth-order valence-electron chi connectivity index (χ4n) is 3.49. The Morgan fingerprint density at radius 3 is 2.82 bits per heavy atom. The number of ether oxygens (including phenoxy) is 2. The Morgan fingerprint density at radius 1 is 1.27 bits per heavy atom. The summed E-state index contributed by atoms with van der Waals surface area (Å²) in [5, 5.41) is 0.829. The summed E-state index contributed by atoms with van der Waals surface area (Å²) in [7, 11) is 0. The van der Waals surface area contributed by atoms with E-state index in [9.17, 15) is 4.79 Å². The van der Waals surface area contributed by atoms with E-state index in [2.05, 4.69) is 4.98 Å². The SMILES string of the molecule is O=C(OCc1c(Cl)cncc1Cl)[C@@]12CCCCC[C@H]1OCC2. The molecule has 22 heavy (non-hydrogen) atoms. The number of esters is 1. The Balaban J connectivity index is 1.73. The molecule has 0 spiro atoms. The van der Waals surface area contributed by atoms with Gasteiger partial charge < -0.3 is 9.47 Å². The first-order valence-electron chi connectivity index (χ1n) is 7.70. The molecule has 0 unspecified atom stereocenters. The molecule has 1 aliphatic carbocycles. The molecule has 1 saturated carbocycles. The number of hydrogen-bond donors (Lipinski definition) is 0. The Hall–Kier alpha value is -0.840. The van der Waals surface area contributed by atoms with Crippen LogP contribution in [0.25, 0.3) is 0 Å². The number of carbonyl (C=O) groups excluding carboxylic acids is 1. The first-order valence-corrected chi connectivity index (χ1v) is 8.46. The van der Waals surface area contributed by atoms with Gasteiger partial charge in [0, 0.05) is 24.6 Å². The van der Waals surface area contributed by atoms with Crippen molar-refractivity contribution in [3.8, 4) is 0 Å². The van der Waals surface area contributed by atoms with E-state index in [0.29, 0.717) is 22.2 Å². The first kappa shape index (κ1) is 16.0. The number of nitrogens with zero attached hydrogens (tertiary/aromatic N) is 1. The van der Waals surface area contributed by atoms with Crippen LogP contribution in [0.3, 0.4) is 0 Å². The predicted molar refractivity (Wildman–Crippen MR) is 83.9 cm³/mol. The van der Waals surface area contributed by atoms with Crippen molar-refractivity contribution in [3.05, 3.63) is 28.0 Å². The van der Waals surface area contributed by atoms with Gasteiger partial charge in [0.15, 0.2) is 0 Å². The highest BCUT2D eigenvalue weighted by molar-refractivity contribution is 6.35. The zero-order valence-corrected chi connectivity index (χ0v) is 13.8. The van der Waals surface area contributed by atoms with Crippen LogP contribution in [0.1, 0.15) is 44.1 Å². The quantitative estimate of drug-likeness (QED) is 0.772. The molecule has 1 aromatic heterocycles. The van der Waals surface area contributed by atoms with Gasteiger partial charge in [0.2, 0.25) is 0 Å². The number of rotatable bonds is 3. The Labute approximate surface area is 140 Å². The molecule has 2 aliphatic rings. The van der Waals surface area contributed by atoms with Crippen molar-refractivity contribution < 1.29 is 14.3 Å². The maximum Gasteiger partial charge on any atom is 0.315 e. The molecular weight excluding hydrogens is 325 g/mol. The number of fused-ring (bicyclic) bond motifs is 1. The minimum Gasteiger partial charge on any atom is -0.460 e. The van der Waals surface area contributed by atoms with Gasteiger partial charge in [-0.2, -0.15) is 0 Å². The standard InChI is InChI=1S/C16H19Cl2NO3/c17-12-8-19-9-13(18)11(12)10-22-15(20)16-5-3-1-2-4-14(16)21-7-6-16/h8-9,14H,1-7,10H2/t14-,16-/m1/s1. The van der Waals surface area contributed by atoms with Crippen LogP contribution in [0, 0.1) is 5.41 Å². The Bertz CT molecular complexity index is 546. The van der Waals surface area contributed by atoms with Crippen LogP contribution < -0.4 is 0 Å². The second-order valence-corrected chi connectivity index (χ2v) is 6.84. The summed E-state index contributed by atoms with van der Waals surface area (Å²) in [6.07, 6.45) is 8.83. The minimum atomic E-state index is -0.484. The molecule has 0 aromatic carbocycles. The summed E-state index contributed by atoms with van der Waals surface area (Å²) in [5.41, 5.74) is 0.120. The van der Waals surface area contributed by atoms with Gasteiger partial charge in [-0.25, -0.2) is 0 Å². The fraction of sp³-hybridized carbons (Fsp3) is 0.625. The average molecular weight is 344 g/mol. The molecular formula is C16H19Cl2NO3. The van der Waals surface area contributed by atoms with Crippen molar-refractivity contribution in [2.45, 2.75) is 51.2 Å². The third kappa shape index (κ3) is 2.97. The average Bonchev–Trinajstić information content (AvgIpc) is 2.80. The van der Waals surface area contributed by atoms with E-state index in [1.807, 2.05) is 0 Å². The lowest BCUT2D eigenvalue weighted by Gasteiger charge is -2.30. The normalized spacial score (nSPS) is 28.0. The maximum atomic E-state index is 12.7. The summed E-state index contributed by atoms with van der Waals surface area (Å²) in [6.45, 7) is 0.712. The third-order valence-electron chi connectivity index (χ3n) is 4.78. The van der Waals surface area contributed by atoms with Gasteiger partial charge in [-0.3, -0.25) is 9.78 Å². The molecule has 0 bridgehead atoms. The van der Waals surface area contributed by atoms with Gasteiger partial charge in [0.05, 0.1) is 21.6 Å². The van der Waals surface area contributed by atoms with Gasteiger partial charge in [-0.1, -0.05) is 42.5 Å². The highest BCUT2D eigenvalue weighted by atomic mass is 35.5. The lowest BCUT2D eigenvalue weighted by Crippen LogP contribution is -2.39. The van der Waals surface area contributed by atoms with E-state index in [1.54, 1.807) is 0 Å². The summed E-state index contributed by atoms with van der Waals surface area (Å²) < 4.78 is 11.4. The fourth-order valence-corrected chi connectivity index (χ4v) is 3.96. The van der Waals surface area contributed by atoms with E-state index in [4.69, 9.17) is 32.7 Å². The van der Waals surface area contributed by atoms with Crippen LogP contribution in [0.5, 0.6) is 0 Å². The molecule has 0 radical (unpaired) electrons. The summed E-state index contributed by atoms with van der Waals surface area (Å²) in [4.78, 5) is 16.6. The highest BCUT2D eigenvalue weighted by Gasteiger charge is 2.51. The van der Waals surface area contributed by atoms with Crippen LogP contribution in [0.4, 0.5) is 0 Å². The molecule has 0 amide bonds. The minimum absolute atomic E-state index is 0.00844. The molecule has 2 atom stereocenters. The van der Waals surface area contributed by atoms with Crippen molar-refractivity contribution in [1.82, 2.24) is 4.98 Å². The van der Waals surface area contributed by atoms with Crippen LogP contribution >= 0.6 is 23.2 Å². The van der Waals surface area contributed by atoms with Crippen LogP contribution in [0.2, 0.25) is 10.0 Å². The van der Waals surface area contributed by atoms with Crippen molar-refractivity contribution in [1.29, 1.82) is 0 Å². The molecule has 1 aromatic rings. The van der Waals surface area contributed by atoms with Crippen LogP contribution in [-0.2, 0) is 20.9 Å². The smallest absolute Gasteiger partial charge is 0.315 e. The van der Waals surface area contributed by atoms with E-state index in [1.165, 1.54) is 12.4 Å². The molecule has 2 fully saturated rings. The highest BCUT2D eigenvalue weighted by Crippen LogP contribution is 2.45. The molecule has 6 heteroatoms. The predicted octanol–water partition coefficient (Wildman–Crippen LogP) is 4.17. The third-order valence-corrected chi connectivity index (χ3v) is 5.43. The van der Waals surface area contributed by atoms with Gasteiger partial charge in [-0.05, 0) is 19.3 Å². The molecule has 1 aliphatic heterocycles. The van der Waals surface area contributed by atoms with Crippen molar-refractivity contribution in [2.24, 2.45) is 5.41 Å². The Morgan fingerprint density at radius 2 is 2.05 bits per heavy atom. The lowest BCUT2D eigenvalue weighted by atomic mass is 9.77. The number of halogens is 2. The first-order chi connectivity index (χ1) is 10.6. The van der Waals surface area contributed by atoms with E-state index in [0.717, 1.165) is 38.5 Å². The summed E-state index contributed by atoms with van der Waals surface area (Å²) in [6, 6.07) is 0. The van der Waals surface area contributed by atoms with E-state index >= 15 is 0 Å². The Kier molecular flexibility index (Phi) is 4.91. The monoisotopic (exact) mass is 343 g/mol. The number of pyridine rings is 1. The maximum absolute atomic E-state index is 12.7. The van der Waals surface area contributed by atoms with E-state index in [-0.39, 0.29) is 18.7 Å². The number of hydrogen-bond acceptors (Lipinski definition) is 4. The van der Waals surface area contributed by atoms with Crippen LogP contribution in [0.15, 0.2) is 12.4 Å². The van der Waals surface area contributed by atoms with Crippen molar-refractivity contribution in [2.75, 3.05) is 6.61 Å². The molecule has 2 heterocycles. The van der Waals surface area contributed by atoms with Gasteiger partial charge in [0.1, 0.15) is 6.61 Å². The number of aromatic nitrogens is 1. The van der Waals surface area contributed by atoms with Gasteiger partial charge in [0.25, 0.3) is 0 Å². The van der Waals surface area contributed by atoms with E-state index < -0.39 is 5.41 Å². The summed E-state index contributed by atoms with van der Waals surface area (Å²) >= 11 is 12.1. The van der Waals surface area contributed by atoms with Gasteiger partial charge in [-0.15, -0.1) is 0 Å². The molecule has 4 nitrogen and oxygen atoms in total. The molecule has 0 N–H and O–H groups in total. The zero-order chi connectivity index (χ0) is 15.6. The molecule has 120 valence electrons. The van der Waals surface area contributed by atoms with Crippen molar-refractivity contribution in [3.63, 3.8) is 0 Å². The zero-order valence-electron chi connectivity index (χ0n) is 12.3. The topological polar surface area (TPSA) is 48.4 Å².